The van der Waals surface area contributed by atoms with Crippen molar-refractivity contribution in [2.45, 2.75) is 19.3 Å². The molecule has 1 atom stereocenters. The normalized spacial score (nSPS) is 12.3. The summed E-state index contributed by atoms with van der Waals surface area (Å²) in [5, 5.41) is 23.3. The predicted octanol–water partition coefficient (Wildman–Crippen LogP) is 2.56. The number of aromatic amines is 1. The van der Waals surface area contributed by atoms with Gasteiger partial charge >= 0.3 is 0 Å². The van der Waals surface area contributed by atoms with E-state index < -0.39 is 0 Å². The molecule has 1 unspecified atom stereocenters. The number of aliphatic hydroxyl groups excluding tert-OH is 1. The van der Waals surface area contributed by atoms with Crippen LogP contribution >= 0.6 is 24.0 Å². The van der Waals surface area contributed by atoms with Gasteiger partial charge in [0.25, 0.3) is 0 Å². The summed E-state index contributed by atoms with van der Waals surface area (Å²) < 4.78 is 5.30. The van der Waals surface area contributed by atoms with Crippen molar-refractivity contribution in [3.05, 3.63) is 60.1 Å². The van der Waals surface area contributed by atoms with E-state index in [1.807, 2.05) is 43.3 Å². The number of guanidine groups is 1. The lowest BCUT2D eigenvalue weighted by Crippen LogP contribution is -2.38. The highest BCUT2D eigenvalue weighted by Gasteiger charge is 2.11. The first-order valence-electron chi connectivity index (χ1n) is 9.43. The molecule has 0 saturated carbocycles. The second-order valence-electron chi connectivity index (χ2n) is 6.27. The fourth-order valence-electron chi connectivity index (χ4n) is 2.76. The number of nitrogens with zero attached hydrogens (tertiary/aromatic N) is 3. The average Bonchev–Trinajstić information content (AvgIpc) is 3.41. The Bertz CT molecular complexity index is 851. The van der Waals surface area contributed by atoms with Crippen LogP contribution in [0.1, 0.15) is 24.2 Å². The van der Waals surface area contributed by atoms with E-state index in [0.717, 1.165) is 17.9 Å². The molecule has 8 nitrogen and oxygen atoms in total. The lowest BCUT2D eigenvalue weighted by molar-refractivity contribution is 0.268. The van der Waals surface area contributed by atoms with Gasteiger partial charge in [0.15, 0.2) is 11.7 Å². The van der Waals surface area contributed by atoms with Gasteiger partial charge in [0.05, 0.1) is 19.4 Å². The van der Waals surface area contributed by atoms with Crippen molar-refractivity contribution in [2.75, 3.05) is 26.2 Å². The standard InChI is InChI=1S/C20H26N6O2.HI/c1-2-21-20(23-13-16(14-27)15-7-4-3-5-8-15)22-11-10-18-24-19(26-25-18)17-9-6-12-28-17;/h3-9,12,16,27H,2,10-11,13-14H2,1H3,(H2,21,22,23)(H,24,25,26);1H. The van der Waals surface area contributed by atoms with Crippen LogP contribution in [0.5, 0.6) is 0 Å². The number of furan rings is 1. The van der Waals surface area contributed by atoms with Gasteiger partial charge in [-0.25, -0.2) is 4.98 Å². The molecule has 2 heterocycles. The Morgan fingerprint density at radius 3 is 2.72 bits per heavy atom. The number of aliphatic imine (C=N–C) groups is 1. The molecular weight excluding hydrogens is 483 g/mol. The molecule has 0 spiro atoms. The van der Waals surface area contributed by atoms with Gasteiger partial charge in [0.1, 0.15) is 5.82 Å². The summed E-state index contributed by atoms with van der Waals surface area (Å²) >= 11 is 0. The van der Waals surface area contributed by atoms with Gasteiger partial charge in [0, 0.05) is 25.4 Å². The summed E-state index contributed by atoms with van der Waals surface area (Å²) in [4.78, 5) is 9.04. The van der Waals surface area contributed by atoms with Crippen LogP contribution in [0.25, 0.3) is 11.6 Å². The van der Waals surface area contributed by atoms with Crippen molar-refractivity contribution in [3.63, 3.8) is 0 Å². The number of hydrogen-bond acceptors (Lipinski definition) is 5. The van der Waals surface area contributed by atoms with E-state index in [1.165, 1.54) is 0 Å². The van der Waals surface area contributed by atoms with Crippen molar-refractivity contribution < 1.29 is 9.52 Å². The first-order chi connectivity index (χ1) is 13.8. The molecule has 156 valence electrons. The van der Waals surface area contributed by atoms with Gasteiger partial charge in [-0.15, -0.1) is 24.0 Å². The third kappa shape index (κ3) is 6.86. The van der Waals surface area contributed by atoms with E-state index in [1.54, 1.807) is 12.3 Å². The minimum absolute atomic E-state index is 0. The first kappa shape index (κ1) is 22.9. The molecule has 3 aromatic rings. The molecule has 9 heteroatoms. The second-order valence-corrected chi connectivity index (χ2v) is 6.27. The highest BCUT2D eigenvalue weighted by Crippen LogP contribution is 2.15. The van der Waals surface area contributed by atoms with Crippen LogP contribution in [0.3, 0.4) is 0 Å². The molecular formula is C20H27IN6O2. The lowest BCUT2D eigenvalue weighted by atomic mass is 10.0. The van der Waals surface area contributed by atoms with Crippen molar-refractivity contribution >= 4 is 29.9 Å². The molecule has 0 bridgehead atoms. The lowest BCUT2D eigenvalue weighted by Gasteiger charge is -2.15. The Labute approximate surface area is 187 Å². The number of aliphatic hydroxyl groups is 1. The SMILES string of the molecule is CCNC(=NCC(CO)c1ccccc1)NCCc1nc(-c2ccco2)n[nH]1.I. The van der Waals surface area contributed by atoms with Crippen LogP contribution in [0.4, 0.5) is 0 Å². The van der Waals surface area contributed by atoms with Crippen molar-refractivity contribution in [1.82, 2.24) is 25.8 Å². The zero-order valence-electron chi connectivity index (χ0n) is 16.3. The average molecular weight is 510 g/mol. The molecule has 0 saturated heterocycles. The highest BCUT2D eigenvalue weighted by atomic mass is 127. The number of H-pyrrole nitrogens is 1. The molecule has 0 aliphatic heterocycles. The van der Waals surface area contributed by atoms with E-state index in [2.05, 4.69) is 30.8 Å². The van der Waals surface area contributed by atoms with E-state index in [-0.39, 0.29) is 36.5 Å². The van der Waals surface area contributed by atoms with Crippen molar-refractivity contribution in [2.24, 2.45) is 4.99 Å². The van der Waals surface area contributed by atoms with Crippen LogP contribution in [0.15, 0.2) is 58.1 Å². The number of aromatic nitrogens is 3. The molecule has 3 rings (SSSR count). The van der Waals surface area contributed by atoms with E-state index >= 15 is 0 Å². The molecule has 0 amide bonds. The van der Waals surface area contributed by atoms with Gasteiger partial charge in [-0.05, 0) is 24.6 Å². The van der Waals surface area contributed by atoms with E-state index in [9.17, 15) is 5.11 Å². The molecule has 0 aliphatic carbocycles. The van der Waals surface area contributed by atoms with Crippen molar-refractivity contribution in [1.29, 1.82) is 0 Å². The molecule has 29 heavy (non-hydrogen) atoms. The zero-order chi connectivity index (χ0) is 19.6. The van der Waals surface area contributed by atoms with Gasteiger partial charge in [-0.2, -0.15) is 5.10 Å². The van der Waals surface area contributed by atoms with Crippen LogP contribution in [-0.2, 0) is 6.42 Å². The highest BCUT2D eigenvalue weighted by molar-refractivity contribution is 14.0. The van der Waals surface area contributed by atoms with Gasteiger partial charge in [0.2, 0.25) is 5.82 Å². The zero-order valence-corrected chi connectivity index (χ0v) is 18.7. The number of rotatable bonds is 9. The van der Waals surface area contributed by atoms with Crippen molar-refractivity contribution in [3.8, 4) is 11.6 Å². The summed E-state index contributed by atoms with van der Waals surface area (Å²) in [5.74, 6) is 2.65. The quantitative estimate of drug-likeness (QED) is 0.200. The summed E-state index contributed by atoms with van der Waals surface area (Å²) in [6.45, 7) is 3.98. The number of halogens is 1. The Kier molecular flexibility index (Phi) is 9.65. The topological polar surface area (TPSA) is 111 Å². The summed E-state index contributed by atoms with van der Waals surface area (Å²) in [5.41, 5.74) is 1.08. The monoisotopic (exact) mass is 510 g/mol. The largest absolute Gasteiger partial charge is 0.461 e. The minimum atomic E-state index is -0.0261. The van der Waals surface area contributed by atoms with Crippen LogP contribution in [0, 0.1) is 0 Å². The van der Waals surface area contributed by atoms with Gasteiger partial charge < -0.3 is 20.2 Å². The maximum absolute atomic E-state index is 9.69. The van der Waals surface area contributed by atoms with Crippen LogP contribution < -0.4 is 10.6 Å². The fourth-order valence-corrected chi connectivity index (χ4v) is 2.76. The van der Waals surface area contributed by atoms with Gasteiger partial charge in [-0.1, -0.05) is 30.3 Å². The van der Waals surface area contributed by atoms with Crippen LogP contribution in [0.2, 0.25) is 0 Å². The number of benzene rings is 1. The number of nitrogens with one attached hydrogen (secondary N) is 3. The van der Waals surface area contributed by atoms with Crippen LogP contribution in [-0.4, -0.2) is 52.5 Å². The van der Waals surface area contributed by atoms with E-state index in [0.29, 0.717) is 37.1 Å². The Hall–Kier alpha value is -2.40. The molecule has 2 aromatic heterocycles. The maximum atomic E-state index is 9.69. The summed E-state index contributed by atoms with van der Waals surface area (Å²) in [6, 6.07) is 13.6. The predicted molar refractivity (Wildman–Crippen MR) is 123 cm³/mol. The fraction of sp³-hybridized carbons (Fsp3) is 0.350. The third-order valence-corrected chi connectivity index (χ3v) is 4.23. The van der Waals surface area contributed by atoms with Gasteiger partial charge in [-0.3, -0.25) is 10.1 Å². The smallest absolute Gasteiger partial charge is 0.216 e. The Balaban J connectivity index is 0.00000300. The minimum Gasteiger partial charge on any atom is -0.461 e. The maximum Gasteiger partial charge on any atom is 0.216 e. The molecule has 0 aliphatic rings. The Morgan fingerprint density at radius 2 is 2.03 bits per heavy atom. The number of hydrogen-bond donors (Lipinski definition) is 4. The summed E-state index contributed by atoms with van der Waals surface area (Å²) in [7, 11) is 0. The summed E-state index contributed by atoms with van der Waals surface area (Å²) in [6.07, 6.45) is 2.27. The van der Waals surface area contributed by atoms with E-state index in [4.69, 9.17) is 4.42 Å². The molecule has 4 N–H and O–H groups in total. The molecule has 1 aromatic carbocycles. The molecule has 0 radical (unpaired) electrons. The first-order valence-corrected chi connectivity index (χ1v) is 9.43. The third-order valence-electron chi connectivity index (χ3n) is 4.23. The Morgan fingerprint density at radius 1 is 1.21 bits per heavy atom. The molecule has 0 fully saturated rings. The second kappa shape index (κ2) is 12.2.